The van der Waals surface area contributed by atoms with E-state index >= 15 is 0 Å². The van der Waals surface area contributed by atoms with Crippen LogP contribution in [-0.4, -0.2) is 19.1 Å². The van der Waals surface area contributed by atoms with Crippen LogP contribution in [0, 0.1) is 0 Å². The molecule has 2 rings (SSSR count). The molecule has 1 aromatic heterocycles. The minimum atomic E-state index is -0.297. The predicted octanol–water partition coefficient (Wildman–Crippen LogP) is 3.64. The Morgan fingerprint density at radius 1 is 1.30 bits per heavy atom. The third-order valence-corrected chi connectivity index (χ3v) is 3.89. The number of nitrogens with two attached hydrogens (primary N) is 1. The lowest BCUT2D eigenvalue weighted by Crippen LogP contribution is -2.12. The summed E-state index contributed by atoms with van der Waals surface area (Å²) in [6, 6.07) is 8.54. The van der Waals surface area contributed by atoms with Gasteiger partial charge in [-0.15, -0.1) is 11.3 Å². The molecule has 1 heterocycles. The fourth-order valence-corrected chi connectivity index (χ4v) is 2.96. The van der Waals surface area contributed by atoms with Crippen molar-refractivity contribution >= 4 is 46.1 Å². The SMILES string of the molecule is NCCOc1ccc(NC(=O)c2cc(Cl)sc2Cl)cc1. The molecule has 20 heavy (non-hydrogen) atoms. The maximum absolute atomic E-state index is 12.0. The molecule has 0 spiro atoms. The van der Waals surface area contributed by atoms with Gasteiger partial charge in [0.2, 0.25) is 0 Å². The standard InChI is InChI=1S/C13H12Cl2N2O2S/c14-11-7-10(12(15)20-11)13(18)17-8-1-3-9(4-2-8)19-6-5-16/h1-4,7H,5-6,16H2,(H,17,18). The zero-order valence-corrected chi connectivity index (χ0v) is 12.7. The summed E-state index contributed by atoms with van der Waals surface area (Å²) in [5.41, 5.74) is 6.36. The van der Waals surface area contributed by atoms with Crippen LogP contribution in [0.5, 0.6) is 5.75 Å². The molecule has 2 aromatic rings. The van der Waals surface area contributed by atoms with Gasteiger partial charge >= 0.3 is 0 Å². The van der Waals surface area contributed by atoms with E-state index in [-0.39, 0.29) is 5.91 Å². The number of carbonyl (C=O) groups excluding carboxylic acids is 1. The monoisotopic (exact) mass is 330 g/mol. The average Bonchev–Trinajstić information content (AvgIpc) is 2.77. The van der Waals surface area contributed by atoms with Crippen LogP contribution in [0.15, 0.2) is 30.3 Å². The van der Waals surface area contributed by atoms with E-state index in [1.807, 2.05) is 0 Å². The molecule has 1 amide bonds. The van der Waals surface area contributed by atoms with E-state index in [4.69, 9.17) is 33.7 Å². The number of halogens is 2. The first-order chi connectivity index (χ1) is 9.60. The first-order valence-corrected chi connectivity index (χ1v) is 7.36. The quantitative estimate of drug-likeness (QED) is 0.879. The predicted molar refractivity (Wildman–Crippen MR) is 83.3 cm³/mol. The topological polar surface area (TPSA) is 64.3 Å². The number of rotatable bonds is 5. The number of nitrogens with one attached hydrogen (secondary N) is 1. The first kappa shape index (κ1) is 15.1. The molecule has 3 N–H and O–H groups in total. The van der Waals surface area contributed by atoms with E-state index < -0.39 is 0 Å². The van der Waals surface area contributed by atoms with Crippen LogP contribution in [0.25, 0.3) is 0 Å². The van der Waals surface area contributed by atoms with Gasteiger partial charge in [-0.2, -0.15) is 0 Å². The van der Waals surface area contributed by atoms with Gasteiger partial charge in [0, 0.05) is 12.2 Å². The summed E-state index contributed by atoms with van der Waals surface area (Å²) in [5.74, 6) is 0.402. The molecule has 0 atom stereocenters. The molecule has 0 radical (unpaired) electrons. The van der Waals surface area contributed by atoms with Crippen molar-refractivity contribution in [2.24, 2.45) is 5.73 Å². The molecular weight excluding hydrogens is 319 g/mol. The van der Waals surface area contributed by atoms with Gasteiger partial charge in [-0.05, 0) is 30.3 Å². The van der Waals surface area contributed by atoms with Gasteiger partial charge in [-0.1, -0.05) is 23.2 Å². The van der Waals surface area contributed by atoms with Gasteiger partial charge in [-0.3, -0.25) is 4.79 Å². The molecule has 0 aliphatic rings. The van der Waals surface area contributed by atoms with Crippen molar-refractivity contribution in [1.29, 1.82) is 0 Å². The Morgan fingerprint density at radius 3 is 2.55 bits per heavy atom. The smallest absolute Gasteiger partial charge is 0.258 e. The molecule has 4 nitrogen and oxygen atoms in total. The lowest BCUT2D eigenvalue weighted by molar-refractivity contribution is 0.102. The number of hydrogen-bond acceptors (Lipinski definition) is 4. The second kappa shape index (κ2) is 6.95. The van der Waals surface area contributed by atoms with Crippen molar-refractivity contribution in [2.75, 3.05) is 18.5 Å². The Kier molecular flexibility index (Phi) is 5.25. The van der Waals surface area contributed by atoms with E-state index in [1.54, 1.807) is 30.3 Å². The minimum absolute atomic E-state index is 0.297. The maximum atomic E-state index is 12.0. The summed E-state index contributed by atoms with van der Waals surface area (Å²) in [5, 5.41) is 2.74. The molecule has 0 saturated heterocycles. The normalized spacial score (nSPS) is 10.3. The number of anilines is 1. The van der Waals surface area contributed by atoms with Crippen LogP contribution in [0.1, 0.15) is 10.4 Å². The number of ether oxygens (including phenoxy) is 1. The van der Waals surface area contributed by atoms with Gasteiger partial charge in [0.25, 0.3) is 5.91 Å². The van der Waals surface area contributed by atoms with Crippen molar-refractivity contribution in [3.63, 3.8) is 0 Å². The van der Waals surface area contributed by atoms with Crippen molar-refractivity contribution in [1.82, 2.24) is 0 Å². The number of carbonyl (C=O) groups is 1. The molecule has 7 heteroatoms. The Bertz CT molecular complexity index is 599. The summed E-state index contributed by atoms with van der Waals surface area (Å²) < 4.78 is 6.20. The third-order valence-electron chi connectivity index (χ3n) is 2.40. The highest BCUT2D eigenvalue weighted by Gasteiger charge is 2.14. The summed E-state index contributed by atoms with van der Waals surface area (Å²) in [6.07, 6.45) is 0. The largest absolute Gasteiger partial charge is 0.492 e. The van der Waals surface area contributed by atoms with E-state index in [0.717, 1.165) is 11.3 Å². The van der Waals surface area contributed by atoms with Crippen molar-refractivity contribution in [3.05, 3.63) is 44.6 Å². The van der Waals surface area contributed by atoms with Gasteiger partial charge in [0.15, 0.2) is 0 Å². The number of thiophene rings is 1. The average molecular weight is 331 g/mol. The molecule has 106 valence electrons. The van der Waals surface area contributed by atoms with Crippen molar-refractivity contribution in [3.8, 4) is 5.75 Å². The van der Waals surface area contributed by atoms with Crippen LogP contribution in [0.3, 0.4) is 0 Å². The van der Waals surface area contributed by atoms with E-state index in [9.17, 15) is 4.79 Å². The summed E-state index contributed by atoms with van der Waals surface area (Å²) >= 11 is 12.9. The summed E-state index contributed by atoms with van der Waals surface area (Å²) in [6.45, 7) is 0.907. The second-order valence-electron chi connectivity index (χ2n) is 3.85. The molecular formula is C13H12Cl2N2O2S. The fourth-order valence-electron chi connectivity index (χ4n) is 1.50. The zero-order valence-electron chi connectivity index (χ0n) is 10.4. The zero-order chi connectivity index (χ0) is 14.5. The minimum Gasteiger partial charge on any atom is -0.492 e. The number of benzene rings is 1. The maximum Gasteiger partial charge on any atom is 0.258 e. The van der Waals surface area contributed by atoms with Gasteiger partial charge < -0.3 is 15.8 Å². The Labute approximate surface area is 130 Å². The van der Waals surface area contributed by atoms with Crippen LogP contribution in [0.4, 0.5) is 5.69 Å². The molecule has 1 aromatic carbocycles. The van der Waals surface area contributed by atoms with Crippen LogP contribution in [0.2, 0.25) is 8.67 Å². The third kappa shape index (κ3) is 3.86. The van der Waals surface area contributed by atoms with Crippen molar-refractivity contribution < 1.29 is 9.53 Å². The summed E-state index contributed by atoms with van der Waals surface area (Å²) in [4.78, 5) is 12.0. The lowest BCUT2D eigenvalue weighted by atomic mass is 10.2. The molecule has 0 bridgehead atoms. The van der Waals surface area contributed by atoms with Crippen LogP contribution >= 0.6 is 34.5 Å². The highest BCUT2D eigenvalue weighted by Crippen LogP contribution is 2.31. The lowest BCUT2D eigenvalue weighted by Gasteiger charge is -2.07. The number of amides is 1. The molecule has 0 aliphatic heterocycles. The molecule has 0 fully saturated rings. The van der Waals surface area contributed by atoms with Gasteiger partial charge in [-0.25, -0.2) is 0 Å². The Balaban J connectivity index is 2.02. The summed E-state index contributed by atoms with van der Waals surface area (Å²) in [7, 11) is 0. The van der Waals surface area contributed by atoms with E-state index in [1.165, 1.54) is 0 Å². The Hall–Kier alpha value is -1.27. The fraction of sp³-hybridized carbons (Fsp3) is 0.154. The van der Waals surface area contributed by atoms with Crippen LogP contribution in [-0.2, 0) is 0 Å². The first-order valence-electron chi connectivity index (χ1n) is 5.79. The van der Waals surface area contributed by atoms with Gasteiger partial charge in [0.1, 0.15) is 16.7 Å². The highest BCUT2D eigenvalue weighted by molar-refractivity contribution is 7.20. The van der Waals surface area contributed by atoms with Crippen molar-refractivity contribution in [2.45, 2.75) is 0 Å². The Morgan fingerprint density at radius 2 is 2.00 bits per heavy atom. The number of hydrogen-bond donors (Lipinski definition) is 2. The van der Waals surface area contributed by atoms with Crippen LogP contribution < -0.4 is 15.8 Å². The van der Waals surface area contributed by atoms with E-state index in [2.05, 4.69) is 5.32 Å². The van der Waals surface area contributed by atoms with Gasteiger partial charge in [0.05, 0.1) is 9.90 Å². The molecule has 0 unspecified atom stereocenters. The molecule has 0 aliphatic carbocycles. The second-order valence-corrected chi connectivity index (χ2v) is 6.14. The molecule has 0 saturated carbocycles. The highest BCUT2D eigenvalue weighted by atomic mass is 35.5. The van der Waals surface area contributed by atoms with E-state index in [0.29, 0.717) is 38.8 Å².